The van der Waals surface area contributed by atoms with Gasteiger partial charge in [-0.2, -0.15) is 18.3 Å². The van der Waals surface area contributed by atoms with Gasteiger partial charge in [0.1, 0.15) is 6.54 Å². The molecule has 0 bridgehead atoms. The van der Waals surface area contributed by atoms with E-state index in [1.54, 1.807) is 0 Å². The molecule has 2 N–H and O–H groups in total. The van der Waals surface area contributed by atoms with E-state index in [1.807, 2.05) is 13.8 Å². The molecule has 1 atom stereocenters. The minimum atomic E-state index is -4.52. The van der Waals surface area contributed by atoms with E-state index in [-0.39, 0.29) is 19.1 Å². The van der Waals surface area contributed by atoms with Gasteiger partial charge in [0.15, 0.2) is 5.69 Å². The average molecular weight is 279 g/mol. The van der Waals surface area contributed by atoms with Gasteiger partial charge in [-0.05, 0) is 12.0 Å². The van der Waals surface area contributed by atoms with Crippen LogP contribution in [-0.2, 0) is 17.5 Å². The molecule has 19 heavy (non-hydrogen) atoms. The Hall–Kier alpha value is -1.57. The molecule has 0 fully saturated rings. The smallest absolute Gasteiger partial charge is 0.394 e. The van der Waals surface area contributed by atoms with Crippen molar-refractivity contribution in [3.63, 3.8) is 0 Å². The van der Waals surface area contributed by atoms with Gasteiger partial charge in [-0.3, -0.25) is 9.48 Å². The molecule has 0 aromatic carbocycles. The highest BCUT2D eigenvalue weighted by Crippen LogP contribution is 2.27. The summed E-state index contributed by atoms with van der Waals surface area (Å²) in [4.78, 5) is 11.6. The van der Waals surface area contributed by atoms with Crippen molar-refractivity contribution in [2.24, 2.45) is 5.92 Å². The van der Waals surface area contributed by atoms with Gasteiger partial charge in [0, 0.05) is 6.20 Å². The minimum absolute atomic E-state index is 0.0253. The van der Waals surface area contributed by atoms with Gasteiger partial charge < -0.3 is 10.4 Å². The Kier molecular flexibility index (Phi) is 4.93. The number of halogens is 3. The van der Waals surface area contributed by atoms with Gasteiger partial charge in [-0.25, -0.2) is 0 Å². The molecule has 1 amide bonds. The summed E-state index contributed by atoms with van der Waals surface area (Å²) in [5, 5.41) is 14.8. The van der Waals surface area contributed by atoms with Gasteiger partial charge >= 0.3 is 6.18 Å². The molecule has 0 aliphatic carbocycles. The first-order valence-electron chi connectivity index (χ1n) is 5.75. The average Bonchev–Trinajstić information content (AvgIpc) is 2.73. The third kappa shape index (κ3) is 4.55. The maximum atomic E-state index is 12.3. The van der Waals surface area contributed by atoms with Crippen LogP contribution in [0.4, 0.5) is 13.2 Å². The van der Waals surface area contributed by atoms with Crippen LogP contribution < -0.4 is 5.32 Å². The normalized spacial score (nSPS) is 13.6. The molecule has 1 rings (SSSR count). The number of carbonyl (C=O) groups is 1. The summed E-state index contributed by atoms with van der Waals surface area (Å²) >= 11 is 0. The molecule has 1 unspecified atom stereocenters. The second-order valence-corrected chi connectivity index (χ2v) is 4.50. The van der Waals surface area contributed by atoms with E-state index >= 15 is 0 Å². The van der Waals surface area contributed by atoms with Crippen LogP contribution in [0.25, 0.3) is 0 Å². The minimum Gasteiger partial charge on any atom is -0.394 e. The highest BCUT2D eigenvalue weighted by Gasteiger charge is 2.33. The molecule has 5 nitrogen and oxygen atoms in total. The van der Waals surface area contributed by atoms with E-state index in [1.165, 1.54) is 0 Å². The molecular formula is C11H16F3N3O2. The Balaban J connectivity index is 2.60. The summed E-state index contributed by atoms with van der Waals surface area (Å²) in [7, 11) is 0. The Bertz CT molecular complexity index is 429. The van der Waals surface area contributed by atoms with Crippen molar-refractivity contribution in [1.29, 1.82) is 0 Å². The maximum Gasteiger partial charge on any atom is 0.435 e. The van der Waals surface area contributed by atoms with Crippen LogP contribution in [-0.4, -0.2) is 33.4 Å². The second-order valence-electron chi connectivity index (χ2n) is 4.50. The number of amides is 1. The third-order valence-corrected chi connectivity index (χ3v) is 2.58. The van der Waals surface area contributed by atoms with Crippen molar-refractivity contribution >= 4 is 5.91 Å². The highest BCUT2D eigenvalue weighted by atomic mass is 19.4. The van der Waals surface area contributed by atoms with Crippen LogP contribution in [0.15, 0.2) is 12.3 Å². The molecule has 0 saturated carbocycles. The van der Waals surface area contributed by atoms with Crippen LogP contribution in [0.5, 0.6) is 0 Å². The van der Waals surface area contributed by atoms with Gasteiger partial charge in [0.05, 0.1) is 12.6 Å². The van der Waals surface area contributed by atoms with Crippen LogP contribution in [0.3, 0.4) is 0 Å². The molecule has 0 saturated heterocycles. The van der Waals surface area contributed by atoms with Crippen LogP contribution in [0.2, 0.25) is 0 Å². The number of rotatable bonds is 5. The van der Waals surface area contributed by atoms with Crippen molar-refractivity contribution in [3.05, 3.63) is 18.0 Å². The molecule has 8 heteroatoms. The van der Waals surface area contributed by atoms with Crippen molar-refractivity contribution in [2.75, 3.05) is 6.61 Å². The number of aliphatic hydroxyl groups is 1. The Labute approximate surface area is 108 Å². The number of aliphatic hydroxyl groups excluding tert-OH is 1. The molecule has 1 aromatic heterocycles. The zero-order valence-corrected chi connectivity index (χ0v) is 10.6. The molecule has 108 valence electrons. The number of hydrogen-bond donors (Lipinski definition) is 2. The standard InChI is InChI=1S/C11H16F3N3O2/c1-7(2)8(6-18)15-10(19)5-17-4-3-9(16-17)11(12,13)14/h3-4,7-8,18H,5-6H2,1-2H3,(H,15,19). The van der Waals surface area contributed by atoms with E-state index in [4.69, 9.17) is 5.11 Å². The number of carbonyl (C=O) groups excluding carboxylic acids is 1. The van der Waals surface area contributed by atoms with E-state index < -0.39 is 23.8 Å². The molecular weight excluding hydrogens is 263 g/mol. The second kappa shape index (κ2) is 6.05. The molecule has 0 spiro atoms. The van der Waals surface area contributed by atoms with Gasteiger partial charge in [0.25, 0.3) is 0 Å². The molecule has 1 heterocycles. The monoisotopic (exact) mass is 279 g/mol. The van der Waals surface area contributed by atoms with Crippen LogP contribution in [0, 0.1) is 5.92 Å². The Morgan fingerprint density at radius 1 is 1.53 bits per heavy atom. The topological polar surface area (TPSA) is 67.2 Å². The predicted molar refractivity (Wildman–Crippen MR) is 61.1 cm³/mol. The Morgan fingerprint density at radius 2 is 2.16 bits per heavy atom. The van der Waals surface area contributed by atoms with Crippen molar-refractivity contribution in [3.8, 4) is 0 Å². The predicted octanol–water partition coefficient (Wildman–Crippen LogP) is 1.03. The molecule has 0 radical (unpaired) electrons. The fourth-order valence-corrected chi connectivity index (χ4v) is 1.42. The van der Waals surface area contributed by atoms with Crippen LogP contribution in [0.1, 0.15) is 19.5 Å². The number of nitrogens with one attached hydrogen (secondary N) is 1. The zero-order valence-electron chi connectivity index (χ0n) is 10.6. The largest absolute Gasteiger partial charge is 0.435 e. The maximum absolute atomic E-state index is 12.3. The lowest BCUT2D eigenvalue weighted by atomic mass is 10.1. The van der Waals surface area contributed by atoms with Crippen molar-refractivity contribution in [1.82, 2.24) is 15.1 Å². The number of hydrogen-bond acceptors (Lipinski definition) is 3. The fraction of sp³-hybridized carbons (Fsp3) is 0.636. The summed E-state index contributed by atoms with van der Waals surface area (Å²) in [6.45, 7) is 3.09. The summed E-state index contributed by atoms with van der Waals surface area (Å²) in [6, 6.07) is 0.379. The quantitative estimate of drug-likeness (QED) is 0.846. The first kappa shape index (κ1) is 15.5. The first-order valence-corrected chi connectivity index (χ1v) is 5.75. The lowest BCUT2D eigenvalue weighted by Gasteiger charge is -2.19. The van der Waals surface area contributed by atoms with Crippen molar-refractivity contribution in [2.45, 2.75) is 32.6 Å². The van der Waals surface area contributed by atoms with Gasteiger partial charge in [0.2, 0.25) is 5.91 Å². The fourth-order valence-electron chi connectivity index (χ4n) is 1.42. The van der Waals surface area contributed by atoms with E-state index in [0.717, 1.165) is 16.9 Å². The Morgan fingerprint density at radius 3 is 2.58 bits per heavy atom. The molecule has 1 aromatic rings. The van der Waals surface area contributed by atoms with Gasteiger partial charge in [-0.15, -0.1) is 0 Å². The van der Waals surface area contributed by atoms with E-state index in [2.05, 4.69) is 10.4 Å². The molecule has 0 aliphatic heterocycles. The lowest BCUT2D eigenvalue weighted by Crippen LogP contribution is -2.42. The lowest BCUT2D eigenvalue weighted by molar-refractivity contribution is -0.141. The highest BCUT2D eigenvalue weighted by molar-refractivity contribution is 5.76. The first-order chi connectivity index (χ1) is 8.74. The number of alkyl halides is 3. The summed E-state index contributed by atoms with van der Waals surface area (Å²) < 4.78 is 37.8. The van der Waals surface area contributed by atoms with E-state index in [9.17, 15) is 18.0 Å². The third-order valence-electron chi connectivity index (χ3n) is 2.58. The summed E-state index contributed by atoms with van der Waals surface area (Å²) in [5.41, 5.74) is -1.04. The zero-order chi connectivity index (χ0) is 14.6. The van der Waals surface area contributed by atoms with Gasteiger partial charge in [-0.1, -0.05) is 13.8 Å². The molecule has 0 aliphatic rings. The van der Waals surface area contributed by atoms with E-state index in [0.29, 0.717) is 0 Å². The number of aromatic nitrogens is 2. The summed E-state index contributed by atoms with van der Waals surface area (Å²) in [5.74, 6) is -0.470. The SMILES string of the molecule is CC(C)C(CO)NC(=O)Cn1ccc(C(F)(F)F)n1. The van der Waals surface area contributed by atoms with Crippen LogP contribution >= 0.6 is 0 Å². The summed E-state index contributed by atoms with van der Waals surface area (Å²) in [6.07, 6.45) is -3.43. The number of nitrogens with zero attached hydrogens (tertiary/aromatic N) is 2. The van der Waals surface area contributed by atoms with Crippen molar-refractivity contribution < 1.29 is 23.1 Å².